The summed E-state index contributed by atoms with van der Waals surface area (Å²) in [6.07, 6.45) is 4.74. The van der Waals surface area contributed by atoms with E-state index in [1.807, 2.05) is 36.0 Å². The summed E-state index contributed by atoms with van der Waals surface area (Å²) in [4.78, 5) is 4.61. The number of anilines is 1. The maximum atomic E-state index is 6.22. The summed E-state index contributed by atoms with van der Waals surface area (Å²) in [6, 6.07) is 3.89. The molecule has 3 aromatic rings. The Morgan fingerprint density at radius 2 is 2.11 bits per heavy atom. The molecule has 0 amide bonds. The molecular formula is C13H14BrN5. The number of nitrogen functional groups attached to an aromatic ring is 1. The highest BCUT2D eigenvalue weighted by Crippen LogP contribution is 2.29. The summed E-state index contributed by atoms with van der Waals surface area (Å²) < 4.78 is 4.65. The lowest BCUT2D eigenvalue weighted by atomic mass is 10.1. The smallest absolute Gasteiger partial charge is 0.139 e. The molecular weight excluding hydrogens is 306 g/mol. The van der Waals surface area contributed by atoms with Gasteiger partial charge in [0.05, 0.1) is 5.69 Å². The fourth-order valence-electron chi connectivity index (χ4n) is 2.23. The largest absolute Gasteiger partial charge is 0.383 e. The SMILES string of the molecule is CCc1nn(C)cc1-c1nc2ccc(Br)cn2c1N. The highest BCUT2D eigenvalue weighted by atomic mass is 79.9. The lowest BCUT2D eigenvalue weighted by Gasteiger charge is -1.99. The number of pyridine rings is 1. The summed E-state index contributed by atoms with van der Waals surface area (Å²) in [5.41, 5.74) is 9.86. The minimum absolute atomic E-state index is 0.638. The number of nitrogens with two attached hydrogens (primary N) is 1. The van der Waals surface area contributed by atoms with Crippen LogP contribution >= 0.6 is 15.9 Å². The zero-order chi connectivity index (χ0) is 13.6. The Hall–Kier alpha value is -1.82. The number of halogens is 1. The molecule has 2 N–H and O–H groups in total. The fourth-order valence-corrected chi connectivity index (χ4v) is 2.57. The van der Waals surface area contributed by atoms with Gasteiger partial charge in [0.25, 0.3) is 0 Å². The van der Waals surface area contributed by atoms with Crippen molar-refractivity contribution in [3.05, 3.63) is 34.7 Å². The van der Waals surface area contributed by atoms with E-state index in [-0.39, 0.29) is 0 Å². The zero-order valence-corrected chi connectivity index (χ0v) is 12.3. The van der Waals surface area contributed by atoms with Gasteiger partial charge in [-0.15, -0.1) is 0 Å². The molecule has 19 heavy (non-hydrogen) atoms. The highest BCUT2D eigenvalue weighted by molar-refractivity contribution is 9.10. The van der Waals surface area contributed by atoms with Crippen LogP contribution in [0.1, 0.15) is 12.6 Å². The topological polar surface area (TPSA) is 61.1 Å². The number of hydrogen-bond acceptors (Lipinski definition) is 3. The van der Waals surface area contributed by atoms with E-state index in [0.717, 1.165) is 33.5 Å². The van der Waals surface area contributed by atoms with Gasteiger partial charge in [-0.25, -0.2) is 4.98 Å². The molecule has 0 bridgehead atoms. The van der Waals surface area contributed by atoms with Gasteiger partial charge in [0.2, 0.25) is 0 Å². The first-order chi connectivity index (χ1) is 9.10. The minimum Gasteiger partial charge on any atom is -0.383 e. The van der Waals surface area contributed by atoms with E-state index in [9.17, 15) is 0 Å². The summed E-state index contributed by atoms with van der Waals surface area (Å²) >= 11 is 3.44. The van der Waals surface area contributed by atoms with Crippen molar-refractivity contribution in [2.45, 2.75) is 13.3 Å². The van der Waals surface area contributed by atoms with Crippen molar-refractivity contribution in [3.63, 3.8) is 0 Å². The first-order valence-corrected chi connectivity index (χ1v) is 6.85. The molecule has 0 aliphatic rings. The monoisotopic (exact) mass is 319 g/mol. The molecule has 0 atom stereocenters. The van der Waals surface area contributed by atoms with Crippen LogP contribution < -0.4 is 5.73 Å². The maximum Gasteiger partial charge on any atom is 0.139 e. The lowest BCUT2D eigenvalue weighted by Crippen LogP contribution is -1.94. The highest BCUT2D eigenvalue weighted by Gasteiger charge is 2.16. The zero-order valence-electron chi connectivity index (χ0n) is 10.8. The van der Waals surface area contributed by atoms with Crippen molar-refractivity contribution in [1.29, 1.82) is 0 Å². The van der Waals surface area contributed by atoms with Gasteiger partial charge in [-0.05, 0) is 34.5 Å². The van der Waals surface area contributed by atoms with Crippen molar-refractivity contribution >= 4 is 27.4 Å². The Kier molecular flexibility index (Phi) is 2.82. The fraction of sp³-hybridized carbons (Fsp3) is 0.231. The van der Waals surface area contributed by atoms with Gasteiger partial charge >= 0.3 is 0 Å². The number of nitrogens with zero attached hydrogens (tertiary/aromatic N) is 4. The summed E-state index contributed by atoms with van der Waals surface area (Å²) in [7, 11) is 1.91. The van der Waals surface area contributed by atoms with Crippen LogP contribution in [0.5, 0.6) is 0 Å². The Morgan fingerprint density at radius 1 is 1.32 bits per heavy atom. The molecule has 0 aromatic carbocycles. The van der Waals surface area contributed by atoms with Crippen molar-refractivity contribution in [2.75, 3.05) is 5.73 Å². The molecule has 0 saturated heterocycles. The lowest BCUT2D eigenvalue weighted by molar-refractivity contribution is 0.746. The first-order valence-electron chi connectivity index (χ1n) is 6.06. The van der Waals surface area contributed by atoms with Gasteiger partial charge in [-0.1, -0.05) is 6.92 Å². The van der Waals surface area contributed by atoms with Crippen LogP contribution in [0.3, 0.4) is 0 Å². The van der Waals surface area contributed by atoms with E-state index in [1.54, 1.807) is 4.68 Å². The molecule has 0 fully saturated rings. The Balaban J connectivity index is 2.27. The van der Waals surface area contributed by atoms with E-state index < -0.39 is 0 Å². The number of aromatic nitrogens is 4. The van der Waals surface area contributed by atoms with E-state index >= 15 is 0 Å². The van der Waals surface area contributed by atoms with Crippen molar-refractivity contribution in [2.24, 2.45) is 7.05 Å². The second-order valence-corrected chi connectivity index (χ2v) is 5.35. The number of imidazole rings is 1. The summed E-state index contributed by atoms with van der Waals surface area (Å²) in [5, 5.41) is 4.44. The third-order valence-corrected chi connectivity index (χ3v) is 3.58. The van der Waals surface area contributed by atoms with Crippen molar-refractivity contribution < 1.29 is 0 Å². The maximum absolute atomic E-state index is 6.22. The molecule has 0 aliphatic heterocycles. The predicted molar refractivity (Wildman–Crippen MR) is 78.9 cm³/mol. The molecule has 0 aliphatic carbocycles. The normalized spacial score (nSPS) is 11.3. The van der Waals surface area contributed by atoms with Crippen LogP contribution in [-0.4, -0.2) is 19.2 Å². The number of fused-ring (bicyclic) bond motifs is 1. The molecule has 0 radical (unpaired) electrons. The predicted octanol–water partition coefficient (Wildman–Crippen LogP) is 2.64. The van der Waals surface area contributed by atoms with Crippen LogP contribution in [0.15, 0.2) is 29.0 Å². The Labute approximate surface area is 119 Å². The third kappa shape index (κ3) is 1.92. The van der Waals surface area contributed by atoms with Gasteiger partial charge in [-0.3, -0.25) is 9.08 Å². The molecule has 0 unspecified atom stereocenters. The molecule has 5 nitrogen and oxygen atoms in total. The van der Waals surface area contributed by atoms with Gasteiger partial charge in [-0.2, -0.15) is 5.10 Å². The van der Waals surface area contributed by atoms with Gasteiger partial charge in [0.15, 0.2) is 0 Å². The molecule has 6 heteroatoms. The van der Waals surface area contributed by atoms with Crippen LogP contribution in [-0.2, 0) is 13.5 Å². The minimum atomic E-state index is 0.638. The van der Waals surface area contributed by atoms with Crippen LogP contribution in [0.25, 0.3) is 16.9 Å². The van der Waals surface area contributed by atoms with E-state index in [4.69, 9.17) is 5.73 Å². The molecule has 0 spiro atoms. The average molecular weight is 320 g/mol. The number of rotatable bonds is 2. The van der Waals surface area contributed by atoms with Gasteiger partial charge in [0, 0.05) is 29.5 Å². The number of aryl methyl sites for hydroxylation is 2. The van der Waals surface area contributed by atoms with E-state index in [2.05, 4.69) is 32.9 Å². The van der Waals surface area contributed by atoms with E-state index in [1.165, 1.54) is 0 Å². The second-order valence-electron chi connectivity index (χ2n) is 4.44. The van der Waals surface area contributed by atoms with Crippen LogP contribution in [0.4, 0.5) is 5.82 Å². The van der Waals surface area contributed by atoms with Crippen molar-refractivity contribution in [1.82, 2.24) is 19.2 Å². The standard InChI is InChI=1S/C13H14BrN5/c1-3-10-9(7-18(2)17-10)12-13(15)19-6-8(14)4-5-11(19)16-12/h4-7H,3,15H2,1-2H3. The van der Waals surface area contributed by atoms with E-state index in [0.29, 0.717) is 5.82 Å². The first kappa shape index (κ1) is 12.2. The quantitative estimate of drug-likeness (QED) is 0.789. The van der Waals surface area contributed by atoms with Crippen LogP contribution in [0.2, 0.25) is 0 Å². The van der Waals surface area contributed by atoms with Gasteiger partial charge < -0.3 is 5.73 Å². The Morgan fingerprint density at radius 3 is 2.84 bits per heavy atom. The van der Waals surface area contributed by atoms with Crippen molar-refractivity contribution in [3.8, 4) is 11.3 Å². The summed E-state index contributed by atoms with van der Waals surface area (Å²) in [5.74, 6) is 0.638. The second kappa shape index (κ2) is 4.38. The molecule has 98 valence electrons. The average Bonchev–Trinajstić information content (AvgIpc) is 2.91. The van der Waals surface area contributed by atoms with Crippen LogP contribution in [0, 0.1) is 0 Å². The molecule has 3 rings (SSSR count). The molecule has 0 saturated carbocycles. The third-order valence-electron chi connectivity index (χ3n) is 3.11. The summed E-state index contributed by atoms with van der Waals surface area (Å²) in [6.45, 7) is 2.08. The number of hydrogen-bond donors (Lipinski definition) is 1. The molecule has 3 aromatic heterocycles. The van der Waals surface area contributed by atoms with Gasteiger partial charge in [0.1, 0.15) is 17.2 Å². The molecule has 3 heterocycles. The Bertz CT molecular complexity index is 756.